The van der Waals surface area contributed by atoms with E-state index in [9.17, 15) is 15.2 Å². The number of carbonyl (C=O) groups excluding carboxylic acids is 1. The van der Waals surface area contributed by atoms with Crippen LogP contribution >= 0.6 is 11.8 Å². The maximum absolute atomic E-state index is 13.1. The number of allylic oxidation sites excluding steroid dienone is 1. The number of thioether (sulfide) groups is 1. The molecule has 1 aromatic heterocycles. The summed E-state index contributed by atoms with van der Waals surface area (Å²) in [5.41, 5.74) is -0.488. The van der Waals surface area contributed by atoms with E-state index in [1.54, 1.807) is 44.6 Å². The molecule has 0 radical (unpaired) electrons. The van der Waals surface area contributed by atoms with Crippen molar-refractivity contribution < 1.29 is 23.8 Å². The third kappa shape index (κ3) is 2.66. The average Bonchev–Trinajstić information content (AvgIpc) is 3.37. The number of furan rings is 1. The number of aliphatic hydroxyl groups is 1. The van der Waals surface area contributed by atoms with Gasteiger partial charge in [-0.05, 0) is 30.3 Å². The van der Waals surface area contributed by atoms with Crippen LogP contribution in [0.4, 0.5) is 0 Å². The number of benzene rings is 1. The van der Waals surface area contributed by atoms with Gasteiger partial charge in [0.2, 0.25) is 11.6 Å². The van der Waals surface area contributed by atoms with E-state index in [0.717, 1.165) is 0 Å². The molecule has 1 aromatic carbocycles. The standard InChI is InChI=1S/C20H18N2O5S/c1-25-12-5-6-16(26-2)14(8-12)13-9-18(23)22-19(15(13)10-21)28-11-20(22,24)17-4-3-7-27-17/h3-8,13,24H,9,11H2,1-2H3/t13-,20+/m1/s1. The van der Waals surface area contributed by atoms with Gasteiger partial charge in [0, 0.05) is 17.9 Å². The topological polar surface area (TPSA) is 95.9 Å². The number of fused-ring (bicyclic) bond motifs is 1. The van der Waals surface area contributed by atoms with E-state index >= 15 is 0 Å². The minimum Gasteiger partial charge on any atom is -0.497 e. The molecule has 0 aliphatic carbocycles. The number of hydrogen-bond acceptors (Lipinski definition) is 7. The summed E-state index contributed by atoms with van der Waals surface area (Å²) in [6.07, 6.45) is 1.47. The molecule has 2 aromatic rings. The van der Waals surface area contributed by atoms with Crippen LogP contribution in [-0.4, -0.2) is 35.9 Å². The number of amides is 1. The van der Waals surface area contributed by atoms with Crippen LogP contribution in [0.5, 0.6) is 11.5 Å². The molecule has 4 rings (SSSR count). The van der Waals surface area contributed by atoms with E-state index in [1.807, 2.05) is 0 Å². The van der Waals surface area contributed by atoms with Crippen LogP contribution in [0.15, 0.2) is 51.6 Å². The highest BCUT2D eigenvalue weighted by Gasteiger charge is 2.53. The molecular formula is C20H18N2O5S. The van der Waals surface area contributed by atoms with Gasteiger partial charge in [0.05, 0.1) is 42.9 Å². The van der Waals surface area contributed by atoms with E-state index in [4.69, 9.17) is 13.9 Å². The first kappa shape index (κ1) is 18.5. The zero-order valence-electron chi connectivity index (χ0n) is 15.3. The maximum Gasteiger partial charge on any atom is 0.231 e. The Hall–Kier alpha value is -2.89. The number of carbonyl (C=O) groups is 1. The van der Waals surface area contributed by atoms with Crippen LogP contribution in [0.1, 0.15) is 23.7 Å². The van der Waals surface area contributed by atoms with Gasteiger partial charge in [-0.15, -0.1) is 11.8 Å². The van der Waals surface area contributed by atoms with Gasteiger partial charge < -0.3 is 19.0 Å². The van der Waals surface area contributed by atoms with Gasteiger partial charge in [-0.2, -0.15) is 5.26 Å². The maximum atomic E-state index is 13.1. The van der Waals surface area contributed by atoms with Crippen molar-refractivity contribution in [3.05, 3.63) is 58.5 Å². The van der Waals surface area contributed by atoms with Crippen molar-refractivity contribution in [1.29, 1.82) is 5.26 Å². The first-order chi connectivity index (χ1) is 13.5. The molecule has 8 heteroatoms. The van der Waals surface area contributed by atoms with Gasteiger partial charge >= 0.3 is 0 Å². The second-order valence-electron chi connectivity index (χ2n) is 6.51. The Labute approximate surface area is 166 Å². The second-order valence-corrected chi connectivity index (χ2v) is 7.47. The zero-order chi connectivity index (χ0) is 19.9. The summed E-state index contributed by atoms with van der Waals surface area (Å²) >= 11 is 1.27. The minimum absolute atomic E-state index is 0.0273. The van der Waals surface area contributed by atoms with Crippen molar-refractivity contribution in [3.8, 4) is 17.6 Å². The number of nitrogens with zero attached hydrogens (tertiary/aromatic N) is 2. The van der Waals surface area contributed by atoms with Gasteiger partial charge in [0.25, 0.3) is 0 Å². The van der Waals surface area contributed by atoms with Crippen LogP contribution in [-0.2, 0) is 10.5 Å². The first-order valence-corrected chi connectivity index (χ1v) is 9.60. The molecule has 0 spiro atoms. The Kier molecular flexibility index (Phi) is 4.57. The Balaban J connectivity index is 1.84. The number of hydrogen-bond donors (Lipinski definition) is 1. The molecule has 3 heterocycles. The highest BCUT2D eigenvalue weighted by atomic mass is 32.2. The van der Waals surface area contributed by atoms with Crippen molar-refractivity contribution in [2.24, 2.45) is 0 Å². The molecule has 0 bridgehead atoms. The van der Waals surface area contributed by atoms with Crippen molar-refractivity contribution in [2.45, 2.75) is 18.1 Å². The first-order valence-electron chi connectivity index (χ1n) is 8.62. The summed E-state index contributed by atoms with van der Waals surface area (Å²) in [6.45, 7) is 0. The molecule has 28 heavy (non-hydrogen) atoms. The molecule has 1 saturated heterocycles. The van der Waals surface area contributed by atoms with E-state index in [0.29, 0.717) is 27.7 Å². The Bertz CT molecular complexity index is 995. The van der Waals surface area contributed by atoms with Crippen molar-refractivity contribution in [3.63, 3.8) is 0 Å². The summed E-state index contributed by atoms with van der Waals surface area (Å²) in [5, 5.41) is 21.5. The van der Waals surface area contributed by atoms with Crippen LogP contribution in [0.25, 0.3) is 0 Å². The van der Waals surface area contributed by atoms with Crippen molar-refractivity contribution in [2.75, 3.05) is 20.0 Å². The largest absolute Gasteiger partial charge is 0.497 e. The van der Waals surface area contributed by atoms with Gasteiger partial charge in [-0.25, -0.2) is 0 Å². The number of nitriles is 1. The smallest absolute Gasteiger partial charge is 0.231 e. The fourth-order valence-electron chi connectivity index (χ4n) is 3.69. The fraction of sp³-hybridized carbons (Fsp3) is 0.300. The fourth-order valence-corrected chi connectivity index (χ4v) is 5.03. The number of rotatable bonds is 4. The normalized spacial score (nSPS) is 24.1. The van der Waals surface area contributed by atoms with Gasteiger partial charge in [-0.1, -0.05) is 0 Å². The quantitative estimate of drug-likeness (QED) is 0.846. The second kappa shape index (κ2) is 6.93. The van der Waals surface area contributed by atoms with Crippen LogP contribution in [0.2, 0.25) is 0 Å². The Morgan fingerprint density at radius 1 is 1.36 bits per heavy atom. The summed E-state index contributed by atoms with van der Waals surface area (Å²) in [6, 6.07) is 10.8. The molecule has 2 aliphatic heterocycles. The number of ether oxygens (including phenoxy) is 2. The molecule has 7 nitrogen and oxygen atoms in total. The molecule has 1 fully saturated rings. The monoisotopic (exact) mass is 398 g/mol. The van der Waals surface area contributed by atoms with Crippen LogP contribution in [0, 0.1) is 11.3 Å². The third-order valence-corrected chi connectivity index (χ3v) is 6.26. The Morgan fingerprint density at radius 3 is 2.82 bits per heavy atom. The molecular weight excluding hydrogens is 380 g/mol. The molecule has 2 atom stereocenters. The van der Waals surface area contributed by atoms with E-state index in [-0.39, 0.29) is 23.8 Å². The summed E-state index contributed by atoms with van der Waals surface area (Å²) < 4.78 is 16.1. The van der Waals surface area contributed by atoms with Crippen LogP contribution in [0.3, 0.4) is 0 Å². The summed E-state index contributed by atoms with van der Waals surface area (Å²) in [7, 11) is 3.10. The summed E-state index contributed by atoms with van der Waals surface area (Å²) in [4.78, 5) is 14.4. The van der Waals surface area contributed by atoms with E-state index in [2.05, 4.69) is 6.07 Å². The van der Waals surface area contributed by atoms with Gasteiger partial charge in [0.1, 0.15) is 11.5 Å². The van der Waals surface area contributed by atoms with E-state index < -0.39 is 11.6 Å². The number of methoxy groups -OCH3 is 2. The van der Waals surface area contributed by atoms with E-state index in [1.165, 1.54) is 22.9 Å². The molecule has 1 N–H and O–H groups in total. The lowest BCUT2D eigenvalue weighted by Crippen LogP contribution is -2.48. The lowest BCUT2D eigenvalue weighted by molar-refractivity contribution is -0.152. The predicted molar refractivity (Wildman–Crippen MR) is 101 cm³/mol. The third-order valence-electron chi connectivity index (χ3n) is 5.04. The summed E-state index contributed by atoms with van der Waals surface area (Å²) in [5.74, 6) is 0.879. The molecule has 144 valence electrons. The zero-order valence-corrected chi connectivity index (χ0v) is 16.2. The SMILES string of the molecule is COc1ccc(OC)c([C@H]2CC(=O)N3C(=C2C#N)SC[C@]3(O)c2ccco2)c1. The van der Waals surface area contributed by atoms with Crippen LogP contribution < -0.4 is 9.47 Å². The Morgan fingerprint density at radius 2 is 2.18 bits per heavy atom. The molecule has 2 aliphatic rings. The average molecular weight is 398 g/mol. The lowest BCUT2D eigenvalue weighted by atomic mass is 9.85. The van der Waals surface area contributed by atoms with Crippen molar-refractivity contribution >= 4 is 17.7 Å². The predicted octanol–water partition coefficient (Wildman–Crippen LogP) is 2.94. The molecule has 1 amide bonds. The van der Waals surface area contributed by atoms with Gasteiger partial charge in [-0.3, -0.25) is 9.69 Å². The van der Waals surface area contributed by atoms with Gasteiger partial charge in [0.15, 0.2) is 5.76 Å². The highest BCUT2D eigenvalue weighted by molar-refractivity contribution is 8.03. The highest BCUT2D eigenvalue weighted by Crippen LogP contribution is 2.52. The molecule has 0 saturated carbocycles. The molecule has 0 unspecified atom stereocenters. The lowest BCUT2D eigenvalue weighted by Gasteiger charge is -2.36. The minimum atomic E-state index is -1.61. The van der Waals surface area contributed by atoms with Crippen molar-refractivity contribution in [1.82, 2.24) is 4.90 Å².